The van der Waals surface area contributed by atoms with Gasteiger partial charge in [-0.3, -0.25) is 4.79 Å². The van der Waals surface area contributed by atoms with E-state index in [4.69, 9.17) is 9.47 Å². The van der Waals surface area contributed by atoms with Crippen LogP contribution in [0.3, 0.4) is 0 Å². The number of hydrogen-bond acceptors (Lipinski definition) is 6. The number of nitrogens with zero attached hydrogens (tertiary/aromatic N) is 2. The van der Waals surface area contributed by atoms with Gasteiger partial charge < -0.3 is 14.8 Å². The fraction of sp³-hybridized carbons (Fsp3) is 0.250. The van der Waals surface area contributed by atoms with Gasteiger partial charge in [0.2, 0.25) is 0 Å². The minimum atomic E-state index is -4.63. The molecule has 11 heteroatoms. The summed E-state index contributed by atoms with van der Waals surface area (Å²) < 4.78 is 63.2. The summed E-state index contributed by atoms with van der Waals surface area (Å²) in [5.41, 5.74) is 1.05. The highest BCUT2D eigenvalue weighted by Gasteiger charge is 2.38. The van der Waals surface area contributed by atoms with Crippen LogP contribution in [-0.4, -0.2) is 28.2 Å². The smallest absolute Gasteiger partial charge is 0.425 e. The Kier molecular flexibility index (Phi) is 6.35. The monoisotopic (exact) mass is 501 g/mol. The van der Waals surface area contributed by atoms with Crippen LogP contribution in [-0.2, 0) is 4.79 Å². The zero-order valence-electron chi connectivity index (χ0n) is 16.5. The molecule has 1 aromatic heterocycles. The summed E-state index contributed by atoms with van der Waals surface area (Å²) >= 11 is 3.33. The maximum atomic E-state index is 13.7. The number of hydrogen-bond donors (Lipinski definition) is 1. The Hall–Kier alpha value is -2.95. The molecular formula is C20H16BrF4N3O3. The number of aryl methyl sites for hydroxylation is 1. The highest BCUT2D eigenvalue weighted by Crippen LogP contribution is 2.39. The van der Waals surface area contributed by atoms with E-state index in [0.29, 0.717) is 20.9 Å². The van der Waals surface area contributed by atoms with E-state index in [1.807, 2.05) is 0 Å². The molecule has 1 N–H and O–H groups in total. The van der Waals surface area contributed by atoms with Crippen molar-refractivity contribution in [1.82, 2.24) is 9.97 Å². The summed E-state index contributed by atoms with van der Waals surface area (Å²) in [5, 5.41) is 3.33. The van der Waals surface area contributed by atoms with Crippen molar-refractivity contribution in [3.8, 4) is 11.5 Å². The van der Waals surface area contributed by atoms with Crippen molar-refractivity contribution in [2.24, 2.45) is 0 Å². The number of ether oxygens (including phenoxy) is 2. The second-order valence-electron chi connectivity index (χ2n) is 6.59. The normalized spacial score (nSPS) is 12.5. The lowest BCUT2D eigenvalue weighted by molar-refractivity contribution is -0.189. The van der Waals surface area contributed by atoms with Gasteiger partial charge in [-0.15, -0.1) is 0 Å². The first kappa shape index (κ1) is 22.7. The van der Waals surface area contributed by atoms with E-state index in [1.54, 1.807) is 13.0 Å². The zero-order chi connectivity index (χ0) is 22.9. The predicted octanol–water partition coefficient (Wildman–Crippen LogP) is 5.84. The van der Waals surface area contributed by atoms with Gasteiger partial charge in [0.25, 0.3) is 0 Å². The maximum absolute atomic E-state index is 13.7. The molecule has 0 aliphatic carbocycles. The van der Waals surface area contributed by atoms with E-state index in [0.717, 1.165) is 19.1 Å². The molecule has 0 aliphatic heterocycles. The number of carbonyl (C=O) groups excluding carboxylic acids is 1. The summed E-state index contributed by atoms with van der Waals surface area (Å²) in [4.78, 5) is 19.8. The topological polar surface area (TPSA) is 73.3 Å². The molecule has 0 spiro atoms. The Morgan fingerprint density at radius 1 is 1.23 bits per heavy atom. The van der Waals surface area contributed by atoms with Crippen LogP contribution in [0.15, 0.2) is 35.1 Å². The molecule has 0 radical (unpaired) electrons. The number of halogens is 5. The van der Waals surface area contributed by atoms with Crippen molar-refractivity contribution >= 4 is 44.3 Å². The van der Waals surface area contributed by atoms with Crippen LogP contribution >= 0.6 is 15.9 Å². The molecule has 2 aromatic carbocycles. The van der Waals surface area contributed by atoms with Crippen molar-refractivity contribution in [1.29, 1.82) is 0 Å². The van der Waals surface area contributed by atoms with Crippen molar-refractivity contribution in [3.63, 3.8) is 0 Å². The third-order valence-electron chi connectivity index (χ3n) is 4.28. The van der Waals surface area contributed by atoms with E-state index in [1.165, 1.54) is 19.3 Å². The molecule has 0 saturated carbocycles. The van der Waals surface area contributed by atoms with Gasteiger partial charge in [-0.1, -0.05) is 0 Å². The van der Waals surface area contributed by atoms with Crippen LogP contribution in [0.5, 0.6) is 11.5 Å². The fourth-order valence-corrected chi connectivity index (χ4v) is 3.40. The summed E-state index contributed by atoms with van der Waals surface area (Å²) in [6, 6.07) is 4.77. The maximum Gasteiger partial charge on any atom is 0.425 e. The number of esters is 1. The van der Waals surface area contributed by atoms with Gasteiger partial charge in [-0.05, 0) is 48.0 Å². The molecule has 0 unspecified atom stereocenters. The average molecular weight is 502 g/mol. The molecule has 0 bridgehead atoms. The molecule has 31 heavy (non-hydrogen) atoms. The number of nitrogens with one attached hydrogen (secondary N) is 1. The molecule has 164 valence electrons. The molecule has 1 heterocycles. The number of alkyl halides is 3. The Balaban J connectivity index is 2.09. The van der Waals surface area contributed by atoms with E-state index >= 15 is 0 Å². The first-order valence-electron chi connectivity index (χ1n) is 8.89. The molecule has 6 nitrogen and oxygen atoms in total. The number of aromatic nitrogens is 2. The molecule has 3 rings (SSSR count). The third-order valence-corrected chi connectivity index (χ3v) is 4.87. The lowest BCUT2D eigenvalue weighted by Gasteiger charge is -2.20. The number of rotatable bonds is 5. The van der Waals surface area contributed by atoms with Gasteiger partial charge in [-0.25, -0.2) is 14.4 Å². The minimum absolute atomic E-state index is 0.0638. The number of anilines is 2. The van der Waals surface area contributed by atoms with Crippen LogP contribution in [0.2, 0.25) is 0 Å². The summed E-state index contributed by atoms with van der Waals surface area (Å²) in [6.07, 6.45) is -5.54. The van der Waals surface area contributed by atoms with Crippen LogP contribution in [0.4, 0.5) is 29.1 Å². The van der Waals surface area contributed by atoms with Crippen LogP contribution < -0.4 is 14.8 Å². The van der Waals surface area contributed by atoms with E-state index in [-0.39, 0.29) is 23.0 Å². The van der Waals surface area contributed by atoms with Gasteiger partial charge in [0, 0.05) is 23.9 Å². The molecule has 0 amide bonds. The minimum Gasteiger partial charge on any atom is -0.479 e. The summed E-state index contributed by atoms with van der Waals surface area (Å²) in [6.45, 7) is 3.75. The van der Waals surface area contributed by atoms with E-state index in [2.05, 4.69) is 31.2 Å². The Bertz CT molecular complexity index is 1150. The highest BCUT2D eigenvalue weighted by atomic mass is 79.9. The van der Waals surface area contributed by atoms with Gasteiger partial charge >= 0.3 is 12.1 Å². The first-order chi connectivity index (χ1) is 14.5. The second-order valence-corrected chi connectivity index (χ2v) is 7.44. The van der Waals surface area contributed by atoms with Gasteiger partial charge in [0.05, 0.1) is 15.7 Å². The Morgan fingerprint density at radius 2 is 1.94 bits per heavy atom. The molecule has 3 aromatic rings. The van der Waals surface area contributed by atoms with Gasteiger partial charge in [0.15, 0.2) is 6.10 Å². The summed E-state index contributed by atoms with van der Waals surface area (Å²) in [7, 11) is 0. The SMILES string of the molecule is CC(=O)Oc1c(Br)cc2ncnc(Nc3ccc(F)cc3O[C@H](C)C(F)(F)F)c2c1C. The first-order valence-corrected chi connectivity index (χ1v) is 9.69. The van der Waals surface area contributed by atoms with E-state index < -0.39 is 24.1 Å². The van der Waals surface area contributed by atoms with Gasteiger partial charge in [-0.2, -0.15) is 13.2 Å². The molecule has 0 saturated heterocycles. The van der Waals surface area contributed by atoms with Crippen molar-refractivity contribution in [3.05, 3.63) is 46.4 Å². The lowest BCUT2D eigenvalue weighted by atomic mass is 10.1. The van der Waals surface area contributed by atoms with Crippen molar-refractivity contribution in [2.45, 2.75) is 33.1 Å². The summed E-state index contributed by atoms with van der Waals surface area (Å²) in [5.74, 6) is -1.19. The standard InChI is InChI=1S/C20H16BrF4N3O3/c1-9-17-15(7-13(21)18(9)31-11(3)29)26-8-27-19(17)28-14-5-4-12(22)6-16(14)30-10(2)20(23,24)25/h4-8,10H,1-3H3,(H,26,27,28)/t10-/m1/s1. The second kappa shape index (κ2) is 8.66. The average Bonchev–Trinajstić information content (AvgIpc) is 2.66. The molecule has 0 fully saturated rings. The highest BCUT2D eigenvalue weighted by molar-refractivity contribution is 9.10. The molecule has 0 aliphatic rings. The van der Waals surface area contributed by atoms with Crippen LogP contribution in [0, 0.1) is 12.7 Å². The molecular weight excluding hydrogens is 486 g/mol. The van der Waals surface area contributed by atoms with E-state index in [9.17, 15) is 22.4 Å². The van der Waals surface area contributed by atoms with Crippen LogP contribution in [0.25, 0.3) is 10.9 Å². The number of carbonyl (C=O) groups is 1. The fourth-order valence-electron chi connectivity index (χ4n) is 2.80. The lowest BCUT2D eigenvalue weighted by Crippen LogP contribution is -2.31. The number of benzene rings is 2. The Labute approximate surface area is 182 Å². The number of fused-ring (bicyclic) bond motifs is 1. The predicted molar refractivity (Wildman–Crippen MR) is 109 cm³/mol. The third kappa shape index (κ3) is 5.04. The molecule has 1 atom stereocenters. The zero-order valence-corrected chi connectivity index (χ0v) is 18.1. The quantitative estimate of drug-likeness (QED) is 0.269. The van der Waals surface area contributed by atoms with Crippen molar-refractivity contribution in [2.75, 3.05) is 5.32 Å². The largest absolute Gasteiger partial charge is 0.479 e. The van der Waals surface area contributed by atoms with Gasteiger partial charge in [0.1, 0.15) is 29.5 Å². The van der Waals surface area contributed by atoms with Crippen molar-refractivity contribution < 1.29 is 31.8 Å². The van der Waals surface area contributed by atoms with Crippen LogP contribution in [0.1, 0.15) is 19.4 Å². The Morgan fingerprint density at radius 3 is 2.58 bits per heavy atom.